The number of rotatable bonds is 6. The Morgan fingerprint density at radius 3 is 3.00 bits per heavy atom. The molecule has 21 heavy (non-hydrogen) atoms. The van der Waals surface area contributed by atoms with Gasteiger partial charge in [-0.1, -0.05) is 0 Å². The van der Waals surface area contributed by atoms with E-state index in [-0.39, 0.29) is 24.3 Å². The number of ether oxygens (including phenoxy) is 1. The number of carbonyl (C=O) groups is 1. The summed E-state index contributed by atoms with van der Waals surface area (Å²) in [5.41, 5.74) is 0. The third-order valence-corrected chi connectivity index (χ3v) is 3.16. The van der Waals surface area contributed by atoms with Crippen molar-refractivity contribution in [3.8, 4) is 0 Å². The van der Waals surface area contributed by atoms with Crippen LogP contribution in [0.3, 0.4) is 0 Å². The molecule has 0 saturated carbocycles. The first kappa shape index (κ1) is 15.5. The van der Waals surface area contributed by atoms with Crippen LogP contribution in [0.15, 0.2) is 16.5 Å². The molecule has 114 valence electrons. The number of nitrogens with one attached hydrogen (secondary N) is 2. The molecule has 2 N–H and O–H groups in total. The topological polar surface area (TPSA) is 85.1 Å². The van der Waals surface area contributed by atoms with Gasteiger partial charge in [-0.05, 0) is 38.2 Å². The van der Waals surface area contributed by atoms with Crippen LogP contribution in [-0.2, 0) is 17.9 Å². The molecule has 2 aromatic heterocycles. The van der Waals surface area contributed by atoms with Crippen molar-refractivity contribution >= 4 is 18.1 Å². The van der Waals surface area contributed by atoms with Gasteiger partial charge in [-0.25, -0.2) is 0 Å². The fraction of sp³-hybridized carbons (Fsp3) is 0.462. The van der Waals surface area contributed by atoms with E-state index in [0.717, 1.165) is 0 Å². The monoisotopic (exact) mass is 310 g/mol. The highest BCUT2D eigenvalue weighted by Crippen LogP contribution is 2.10. The second-order valence-corrected chi connectivity index (χ2v) is 5.18. The summed E-state index contributed by atoms with van der Waals surface area (Å²) in [6.45, 7) is 4.60. The minimum Gasteiger partial charge on any atom is -0.453 e. The summed E-state index contributed by atoms with van der Waals surface area (Å²) in [5.74, 6) is 1.22. The molecule has 8 heteroatoms. The molecular formula is C13H18N4O3S. The molecule has 0 aliphatic rings. The van der Waals surface area contributed by atoms with Gasteiger partial charge >= 0.3 is 0 Å². The molecule has 2 aromatic rings. The molecule has 2 rings (SSSR count). The minimum absolute atomic E-state index is 0.167. The van der Waals surface area contributed by atoms with E-state index in [2.05, 4.69) is 15.5 Å². The zero-order valence-electron chi connectivity index (χ0n) is 12.2. The smallest absolute Gasteiger partial charge is 0.287 e. The lowest BCUT2D eigenvalue weighted by Crippen LogP contribution is -2.24. The summed E-state index contributed by atoms with van der Waals surface area (Å²) >= 11 is 5.15. The molecule has 0 spiro atoms. The lowest BCUT2D eigenvalue weighted by Gasteiger charge is -2.10. The van der Waals surface area contributed by atoms with Crippen molar-refractivity contribution in [2.45, 2.75) is 33.0 Å². The van der Waals surface area contributed by atoms with Gasteiger partial charge in [-0.3, -0.25) is 9.89 Å². The van der Waals surface area contributed by atoms with E-state index in [4.69, 9.17) is 21.4 Å². The van der Waals surface area contributed by atoms with Crippen LogP contribution in [0.5, 0.6) is 0 Å². The largest absolute Gasteiger partial charge is 0.453 e. The van der Waals surface area contributed by atoms with Crippen molar-refractivity contribution in [2.75, 3.05) is 7.11 Å². The molecule has 7 nitrogen and oxygen atoms in total. The highest BCUT2D eigenvalue weighted by atomic mass is 32.1. The predicted octanol–water partition coefficient (Wildman–Crippen LogP) is 2.19. The fourth-order valence-electron chi connectivity index (χ4n) is 1.96. The standard InChI is InChI=1S/C13H18N4O3S/c1-8(2)17-11(15-16-13(17)21)6-14-12(18)10-5-4-9(20-10)7-19-3/h4-5,8H,6-7H2,1-3H3,(H,14,18)(H,16,21). The number of hydrogen-bond acceptors (Lipinski definition) is 5. The molecule has 0 fully saturated rings. The number of methoxy groups -OCH3 is 1. The Kier molecular flexibility index (Phi) is 4.92. The summed E-state index contributed by atoms with van der Waals surface area (Å²) in [7, 11) is 1.57. The van der Waals surface area contributed by atoms with Gasteiger partial charge in [0, 0.05) is 13.2 Å². The van der Waals surface area contributed by atoms with Crippen molar-refractivity contribution in [1.29, 1.82) is 0 Å². The maximum absolute atomic E-state index is 12.0. The van der Waals surface area contributed by atoms with Crippen molar-refractivity contribution in [3.05, 3.63) is 34.2 Å². The molecule has 0 aliphatic carbocycles. The molecule has 0 aliphatic heterocycles. The van der Waals surface area contributed by atoms with Crippen molar-refractivity contribution in [2.24, 2.45) is 0 Å². The molecule has 1 amide bonds. The van der Waals surface area contributed by atoms with Gasteiger partial charge in [0.1, 0.15) is 12.4 Å². The number of carbonyl (C=O) groups excluding carboxylic acids is 1. The maximum atomic E-state index is 12.0. The zero-order valence-corrected chi connectivity index (χ0v) is 13.0. The summed E-state index contributed by atoms with van der Waals surface area (Å²) in [6, 6.07) is 3.49. The lowest BCUT2D eigenvalue weighted by molar-refractivity contribution is 0.0912. The Morgan fingerprint density at radius 1 is 1.57 bits per heavy atom. The SMILES string of the molecule is COCc1ccc(C(=O)NCc2n[nH]c(=S)n2C(C)C)o1. The predicted molar refractivity (Wildman–Crippen MR) is 78.4 cm³/mol. The van der Waals surface area contributed by atoms with Gasteiger partial charge in [0.05, 0.1) is 6.54 Å². The van der Waals surface area contributed by atoms with E-state index in [1.54, 1.807) is 19.2 Å². The number of aromatic nitrogens is 3. The lowest BCUT2D eigenvalue weighted by atomic mass is 10.3. The number of amides is 1. The van der Waals surface area contributed by atoms with Gasteiger partial charge in [-0.2, -0.15) is 5.10 Å². The molecule has 2 heterocycles. The number of hydrogen-bond donors (Lipinski definition) is 2. The highest BCUT2D eigenvalue weighted by Gasteiger charge is 2.14. The minimum atomic E-state index is -0.304. The van der Waals surface area contributed by atoms with Crippen LogP contribution in [-0.4, -0.2) is 27.8 Å². The Balaban J connectivity index is 2.02. The van der Waals surface area contributed by atoms with Gasteiger partial charge in [-0.15, -0.1) is 0 Å². The van der Waals surface area contributed by atoms with E-state index >= 15 is 0 Å². The molecule has 0 unspecified atom stereocenters. The maximum Gasteiger partial charge on any atom is 0.287 e. The van der Waals surface area contributed by atoms with Gasteiger partial charge in [0.25, 0.3) is 5.91 Å². The van der Waals surface area contributed by atoms with Crippen LogP contribution < -0.4 is 5.32 Å². The molecule has 0 bridgehead atoms. The number of aromatic amines is 1. The summed E-state index contributed by atoms with van der Waals surface area (Å²) in [4.78, 5) is 12.0. The van der Waals surface area contributed by atoms with Crippen LogP contribution in [0.1, 0.15) is 42.0 Å². The van der Waals surface area contributed by atoms with Gasteiger partial charge in [0.2, 0.25) is 0 Å². The normalized spacial score (nSPS) is 11.0. The van der Waals surface area contributed by atoms with Crippen LogP contribution >= 0.6 is 12.2 Å². The van der Waals surface area contributed by atoms with Crippen LogP contribution in [0.4, 0.5) is 0 Å². The van der Waals surface area contributed by atoms with Crippen molar-refractivity contribution < 1.29 is 13.9 Å². The molecule has 0 aromatic carbocycles. The second-order valence-electron chi connectivity index (χ2n) is 4.79. The van der Waals surface area contributed by atoms with E-state index in [0.29, 0.717) is 23.0 Å². The second kappa shape index (κ2) is 6.68. The zero-order chi connectivity index (χ0) is 15.4. The average Bonchev–Trinajstić information content (AvgIpc) is 3.03. The molecule has 0 radical (unpaired) electrons. The van der Waals surface area contributed by atoms with E-state index in [9.17, 15) is 4.79 Å². The number of H-pyrrole nitrogens is 1. The quantitative estimate of drug-likeness (QED) is 0.799. The van der Waals surface area contributed by atoms with E-state index in [1.807, 2.05) is 18.4 Å². The Hall–Kier alpha value is -1.93. The average molecular weight is 310 g/mol. The number of furan rings is 1. The van der Waals surface area contributed by atoms with Crippen LogP contribution in [0.2, 0.25) is 0 Å². The van der Waals surface area contributed by atoms with Crippen molar-refractivity contribution in [1.82, 2.24) is 20.1 Å². The summed E-state index contributed by atoms with van der Waals surface area (Å²) in [5, 5.41) is 9.60. The highest BCUT2D eigenvalue weighted by molar-refractivity contribution is 7.71. The van der Waals surface area contributed by atoms with E-state index < -0.39 is 0 Å². The Morgan fingerprint density at radius 2 is 2.33 bits per heavy atom. The number of nitrogens with zero attached hydrogens (tertiary/aromatic N) is 2. The van der Waals surface area contributed by atoms with Gasteiger partial charge < -0.3 is 19.0 Å². The molecule has 0 atom stereocenters. The third kappa shape index (κ3) is 3.59. The summed E-state index contributed by atoms with van der Waals surface area (Å²) < 4.78 is 12.7. The van der Waals surface area contributed by atoms with E-state index in [1.165, 1.54) is 0 Å². The first-order valence-electron chi connectivity index (χ1n) is 6.54. The van der Waals surface area contributed by atoms with Crippen molar-refractivity contribution in [3.63, 3.8) is 0 Å². The third-order valence-electron chi connectivity index (χ3n) is 2.87. The first-order valence-corrected chi connectivity index (χ1v) is 6.95. The van der Waals surface area contributed by atoms with Crippen LogP contribution in [0.25, 0.3) is 0 Å². The van der Waals surface area contributed by atoms with Crippen LogP contribution in [0, 0.1) is 4.77 Å². The summed E-state index contributed by atoms with van der Waals surface area (Å²) in [6.07, 6.45) is 0. The van der Waals surface area contributed by atoms with Gasteiger partial charge in [0.15, 0.2) is 16.4 Å². The molecular weight excluding hydrogens is 292 g/mol. The Bertz CT molecular complexity index is 671. The Labute approximate surface area is 127 Å². The fourth-order valence-corrected chi connectivity index (χ4v) is 2.32. The first-order chi connectivity index (χ1) is 10.0. The molecule has 0 saturated heterocycles.